The number of ether oxygens (including phenoxy) is 4. The van der Waals surface area contributed by atoms with Crippen LogP contribution in [0.15, 0.2) is 110 Å². The van der Waals surface area contributed by atoms with Gasteiger partial charge in [-0.1, -0.05) is 88.7 Å². The molecule has 0 saturated carbocycles. The molecule has 3 fully saturated rings. The maximum atomic E-state index is 15.2. The van der Waals surface area contributed by atoms with E-state index in [0.29, 0.717) is 29.0 Å². The molecule has 0 radical (unpaired) electrons. The molecule has 6 rings (SSSR count). The number of fused-ring (bicyclic) bond motifs is 1. The molecule has 13 heteroatoms. The van der Waals surface area contributed by atoms with E-state index >= 15 is 9.59 Å². The van der Waals surface area contributed by atoms with Crippen LogP contribution in [-0.2, 0) is 33.4 Å². The molecule has 2 N–H and O–H groups in total. The van der Waals surface area contributed by atoms with Gasteiger partial charge in [-0.15, -0.1) is 13.2 Å². The van der Waals surface area contributed by atoms with Crippen LogP contribution < -0.4 is 15.0 Å². The van der Waals surface area contributed by atoms with Crippen LogP contribution in [0.3, 0.4) is 0 Å². The van der Waals surface area contributed by atoms with Crippen molar-refractivity contribution in [1.82, 2.24) is 10.2 Å². The highest BCUT2D eigenvalue weighted by molar-refractivity contribution is 9.09. The Morgan fingerprint density at radius 2 is 1.68 bits per heavy atom. The SMILES string of the molecule is C=CCCC(=O)N[C@@H](COC)[C@@H](OC(=O)[C@H]1[C@@H]2O[C@@]3(CC2Br)[C@@H]1C(=O)N([C@H](CO)c1ccccc1)[C@@H]3C(=O)N(CC=C)c1ccc(OC)cc1)c1ccccc1. The number of aliphatic hydroxyl groups excluding tert-OH is 1. The summed E-state index contributed by atoms with van der Waals surface area (Å²) in [7, 11) is 3.04. The first kappa shape index (κ1) is 40.8. The summed E-state index contributed by atoms with van der Waals surface area (Å²) < 4.78 is 24.0. The van der Waals surface area contributed by atoms with Gasteiger partial charge in [0.1, 0.15) is 23.5 Å². The number of anilines is 1. The summed E-state index contributed by atoms with van der Waals surface area (Å²) in [6, 6.07) is 22.0. The largest absolute Gasteiger partial charge is 0.497 e. The quantitative estimate of drug-likeness (QED) is 0.102. The molecule has 3 aromatic carbocycles. The van der Waals surface area contributed by atoms with E-state index in [4.69, 9.17) is 18.9 Å². The fourth-order valence-electron chi connectivity index (χ4n) is 8.47. The van der Waals surface area contributed by atoms with Crippen LogP contribution in [0.4, 0.5) is 5.69 Å². The number of alkyl halides is 1. The number of hydrogen-bond acceptors (Lipinski definition) is 9. The van der Waals surface area contributed by atoms with Crippen LogP contribution in [0.25, 0.3) is 0 Å². The van der Waals surface area contributed by atoms with Gasteiger partial charge in [0.05, 0.1) is 50.3 Å². The van der Waals surface area contributed by atoms with Crippen LogP contribution in [0.5, 0.6) is 5.75 Å². The molecular formula is C43H48BrN3O9. The maximum Gasteiger partial charge on any atom is 0.313 e. The Hall–Kier alpha value is -4.82. The number of hydrogen-bond donors (Lipinski definition) is 2. The van der Waals surface area contributed by atoms with Crippen molar-refractivity contribution in [3.63, 3.8) is 0 Å². The van der Waals surface area contributed by atoms with E-state index in [1.807, 2.05) is 12.1 Å². The first-order valence-corrected chi connectivity index (χ1v) is 19.6. The second-order valence-electron chi connectivity index (χ2n) is 14.2. The topological polar surface area (TPSA) is 144 Å². The molecule has 0 aliphatic carbocycles. The van der Waals surface area contributed by atoms with Crippen LogP contribution >= 0.6 is 15.9 Å². The average Bonchev–Trinajstić information content (AvgIpc) is 3.82. The third-order valence-corrected chi connectivity index (χ3v) is 11.7. The Balaban J connectivity index is 1.42. The lowest BCUT2D eigenvalue weighted by Gasteiger charge is -2.39. The molecule has 3 amide bonds. The zero-order valence-corrected chi connectivity index (χ0v) is 33.1. The van der Waals surface area contributed by atoms with Gasteiger partial charge in [0.15, 0.2) is 0 Å². The molecule has 0 aromatic heterocycles. The molecule has 3 aliphatic rings. The molecule has 296 valence electrons. The summed E-state index contributed by atoms with van der Waals surface area (Å²) >= 11 is 3.75. The minimum atomic E-state index is -1.47. The van der Waals surface area contributed by atoms with Gasteiger partial charge in [-0.05, 0) is 48.2 Å². The third-order valence-electron chi connectivity index (χ3n) is 10.9. The monoisotopic (exact) mass is 829 g/mol. The number of benzene rings is 3. The van der Waals surface area contributed by atoms with Crippen molar-refractivity contribution in [2.24, 2.45) is 11.8 Å². The Kier molecular flexibility index (Phi) is 13.1. The molecule has 12 nitrogen and oxygen atoms in total. The molecule has 1 unspecified atom stereocenters. The molecule has 56 heavy (non-hydrogen) atoms. The molecule has 3 aliphatic heterocycles. The van der Waals surface area contributed by atoms with E-state index in [9.17, 15) is 14.7 Å². The summed E-state index contributed by atoms with van der Waals surface area (Å²) in [5.41, 5.74) is 0.280. The zero-order chi connectivity index (χ0) is 40.0. The van der Waals surface area contributed by atoms with E-state index in [-0.39, 0.29) is 31.9 Å². The standard InChI is InChI=1S/C43H48BrN3O9/c1-5-7-18-34(49)45-32(26-53-3)37(28-16-12-9-13-17-28)55-42(52)35-36-40(50)47(33(25-48)27-14-10-8-11-15-27)39(43(36)24-31(44)38(35)56-43)41(51)46(23-6-2)29-19-21-30(54-4)22-20-29/h5-6,8-17,19-22,31-33,35-39,48H,1-2,7,18,23-26H2,3-4H3,(H,45,49)/t31?,32-,33+,35+,36-,37-,38+,39+,43-/m0/s1. The summed E-state index contributed by atoms with van der Waals surface area (Å²) in [6.45, 7) is 7.22. The van der Waals surface area contributed by atoms with Crippen molar-refractivity contribution < 1.29 is 43.2 Å². The number of carbonyl (C=O) groups excluding carboxylic acids is 4. The minimum absolute atomic E-state index is 0.0226. The number of carbonyl (C=O) groups is 4. The number of rotatable bonds is 18. The van der Waals surface area contributed by atoms with Crippen LogP contribution in [0, 0.1) is 11.8 Å². The van der Waals surface area contributed by atoms with Crippen molar-refractivity contribution in [2.75, 3.05) is 38.9 Å². The number of esters is 1. The highest BCUT2D eigenvalue weighted by atomic mass is 79.9. The van der Waals surface area contributed by atoms with Gasteiger partial charge in [-0.3, -0.25) is 19.2 Å². The van der Waals surface area contributed by atoms with E-state index in [2.05, 4.69) is 34.4 Å². The van der Waals surface area contributed by atoms with Crippen molar-refractivity contribution in [2.45, 2.75) is 60.0 Å². The molecular weight excluding hydrogens is 782 g/mol. The van der Waals surface area contributed by atoms with Crippen molar-refractivity contribution in [3.05, 3.63) is 121 Å². The maximum absolute atomic E-state index is 15.2. The van der Waals surface area contributed by atoms with E-state index < -0.39 is 77.0 Å². The third kappa shape index (κ3) is 7.77. The fourth-order valence-corrected chi connectivity index (χ4v) is 9.41. The lowest BCUT2D eigenvalue weighted by molar-refractivity contribution is -0.163. The molecule has 3 saturated heterocycles. The lowest BCUT2D eigenvalue weighted by atomic mass is 9.70. The van der Waals surface area contributed by atoms with Crippen LogP contribution in [0.2, 0.25) is 0 Å². The predicted octanol–water partition coefficient (Wildman–Crippen LogP) is 5.08. The first-order valence-electron chi connectivity index (χ1n) is 18.6. The normalized spacial score (nSPS) is 25.1. The molecule has 2 bridgehead atoms. The van der Waals surface area contributed by atoms with Gasteiger partial charge in [0.25, 0.3) is 5.91 Å². The average molecular weight is 831 g/mol. The van der Waals surface area contributed by atoms with Crippen molar-refractivity contribution in [3.8, 4) is 5.75 Å². The zero-order valence-electron chi connectivity index (χ0n) is 31.5. The number of aliphatic hydroxyl groups is 1. The van der Waals surface area contributed by atoms with Gasteiger partial charge in [-0.25, -0.2) is 0 Å². The molecule has 3 aromatic rings. The van der Waals surface area contributed by atoms with Gasteiger partial charge in [0, 0.05) is 30.6 Å². The smallest absolute Gasteiger partial charge is 0.313 e. The molecule has 3 heterocycles. The number of nitrogens with zero attached hydrogens (tertiary/aromatic N) is 2. The van der Waals surface area contributed by atoms with Gasteiger partial charge >= 0.3 is 5.97 Å². The Bertz CT molecular complexity index is 1880. The fraction of sp³-hybridized carbons (Fsp3) is 0.395. The summed E-state index contributed by atoms with van der Waals surface area (Å²) in [5, 5.41) is 13.9. The van der Waals surface area contributed by atoms with Crippen molar-refractivity contribution >= 4 is 45.3 Å². The highest BCUT2D eigenvalue weighted by Crippen LogP contribution is 2.61. The molecule has 9 atom stereocenters. The molecule has 1 spiro atoms. The summed E-state index contributed by atoms with van der Waals surface area (Å²) in [5.74, 6) is -3.64. The number of likely N-dealkylation sites (tertiary alicyclic amines) is 1. The number of methoxy groups -OCH3 is 2. The second-order valence-corrected chi connectivity index (χ2v) is 15.4. The highest BCUT2D eigenvalue weighted by Gasteiger charge is 2.78. The van der Waals surface area contributed by atoms with Gasteiger partial charge in [-0.2, -0.15) is 0 Å². The Labute approximate surface area is 335 Å². The number of amides is 3. The lowest BCUT2D eigenvalue weighted by Crippen LogP contribution is -2.57. The van der Waals surface area contributed by atoms with Crippen LogP contribution in [-0.4, -0.2) is 96.3 Å². The predicted molar refractivity (Wildman–Crippen MR) is 213 cm³/mol. The Morgan fingerprint density at radius 3 is 2.27 bits per heavy atom. The summed E-state index contributed by atoms with van der Waals surface area (Å²) in [4.78, 5) is 60.6. The van der Waals surface area contributed by atoms with Gasteiger partial charge in [0.2, 0.25) is 11.8 Å². The minimum Gasteiger partial charge on any atom is -0.497 e. The number of allylic oxidation sites excluding steroid dienone is 1. The van der Waals surface area contributed by atoms with Crippen LogP contribution in [0.1, 0.15) is 42.5 Å². The first-order chi connectivity index (χ1) is 27.1. The number of halogens is 1. The van der Waals surface area contributed by atoms with E-state index in [1.54, 1.807) is 92.1 Å². The number of nitrogens with one attached hydrogen (secondary N) is 1. The second kappa shape index (κ2) is 18.0. The van der Waals surface area contributed by atoms with Gasteiger partial charge < -0.3 is 39.2 Å². The van der Waals surface area contributed by atoms with E-state index in [0.717, 1.165) is 0 Å². The summed E-state index contributed by atoms with van der Waals surface area (Å²) in [6.07, 6.45) is 2.28. The van der Waals surface area contributed by atoms with Crippen molar-refractivity contribution in [1.29, 1.82) is 0 Å². The van der Waals surface area contributed by atoms with E-state index in [1.165, 1.54) is 16.9 Å². The Morgan fingerprint density at radius 1 is 1.02 bits per heavy atom.